The maximum Gasteiger partial charge on any atom is 0.289 e. The average Bonchev–Trinajstić information content (AvgIpc) is 3.28. The van der Waals surface area contributed by atoms with Crippen molar-refractivity contribution >= 4 is 17.6 Å². The Hall–Kier alpha value is -2.90. The van der Waals surface area contributed by atoms with Crippen molar-refractivity contribution in [2.75, 3.05) is 44.2 Å². The molecule has 0 saturated carbocycles. The monoisotopic (exact) mass is 383 g/mol. The molecule has 2 saturated heterocycles. The number of carbonyl (C=O) groups excluding carboxylic acids is 2. The van der Waals surface area contributed by atoms with Gasteiger partial charge in [-0.1, -0.05) is 6.92 Å². The molecule has 8 nitrogen and oxygen atoms in total. The minimum Gasteiger partial charge on any atom is -0.459 e. The van der Waals surface area contributed by atoms with Gasteiger partial charge in [0, 0.05) is 39.3 Å². The predicted octanol–water partition coefficient (Wildman–Crippen LogP) is 1.90. The number of carbonyl (C=O) groups is 2. The third kappa shape index (κ3) is 3.85. The molecule has 28 heavy (non-hydrogen) atoms. The standard InChI is InChI=1S/C20H25N5O3/c1-15-6-8-23(9-7-15)18-5-4-16(21-22-18)19(26)24-10-12-25(13-11-24)20(27)17-3-2-14-28-17/h2-5,14-15H,6-13H2,1H3. The Morgan fingerprint density at radius 1 is 0.929 bits per heavy atom. The molecule has 0 bridgehead atoms. The zero-order valence-corrected chi connectivity index (χ0v) is 16.1. The maximum atomic E-state index is 12.7. The number of hydrogen-bond acceptors (Lipinski definition) is 6. The third-order valence-corrected chi connectivity index (χ3v) is 5.56. The van der Waals surface area contributed by atoms with Crippen LogP contribution in [0.5, 0.6) is 0 Å². The minimum absolute atomic E-state index is 0.142. The summed E-state index contributed by atoms with van der Waals surface area (Å²) in [5.74, 6) is 1.63. The largest absolute Gasteiger partial charge is 0.459 e. The van der Waals surface area contributed by atoms with E-state index in [4.69, 9.17) is 4.42 Å². The molecule has 0 aliphatic carbocycles. The van der Waals surface area contributed by atoms with Crippen molar-refractivity contribution in [3.63, 3.8) is 0 Å². The number of piperidine rings is 1. The first-order valence-corrected chi connectivity index (χ1v) is 9.82. The van der Waals surface area contributed by atoms with E-state index in [0.717, 1.165) is 37.7 Å². The number of rotatable bonds is 3. The van der Waals surface area contributed by atoms with Gasteiger partial charge in [0.2, 0.25) is 0 Å². The fourth-order valence-electron chi connectivity index (χ4n) is 3.68. The Kier molecular flexibility index (Phi) is 5.27. The molecule has 2 aromatic heterocycles. The van der Waals surface area contributed by atoms with Crippen LogP contribution in [0.25, 0.3) is 0 Å². The van der Waals surface area contributed by atoms with Crippen LogP contribution in [-0.4, -0.2) is 71.1 Å². The molecule has 4 rings (SSSR count). The van der Waals surface area contributed by atoms with E-state index in [1.165, 1.54) is 6.26 Å². The van der Waals surface area contributed by atoms with Crippen LogP contribution in [0.15, 0.2) is 34.9 Å². The van der Waals surface area contributed by atoms with Crippen LogP contribution in [0.4, 0.5) is 5.82 Å². The number of nitrogens with zero attached hydrogens (tertiary/aromatic N) is 5. The molecule has 4 heterocycles. The first kappa shape index (κ1) is 18.5. The molecule has 8 heteroatoms. The van der Waals surface area contributed by atoms with Crippen molar-refractivity contribution in [3.05, 3.63) is 42.0 Å². The molecule has 0 unspecified atom stereocenters. The van der Waals surface area contributed by atoms with Crippen LogP contribution in [-0.2, 0) is 0 Å². The summed E-state index contributed by atoms with van der Waals surface area (Å²) in [7, 11) is 0. The van der Waals surface area contributed by atoms with Crippen molar-refractivity contribution in [2.24, 2.45) is 5.92 Å². The summed E-state index contributed by atoms with van der Waals surface area (Å²) < 4.78 is 5.17. The Labute approximate surface area is 164 Å². The Bertz CT molecular complexity index is 805. The molecule has 2 amide bonds. The average molecular weight is 383 g/mol. The number of hydrogen-bond donors (Lipinski definition) is 0. The molecule has 148 valence electrons. The van der Waals surface area contributed by atoms with Gasteiger partial charge < -0.3 is 19.1 Å². The van der Waals surface area contributed by atoms with Crippen LogP contribution >= 0.6 is 0 Å². The maximum absolute atomic E-state index is 12.7. The van der Waals surface area contributed by atoms with Crippen molar-refractivity contribution < 1.29 is 14.0 Å². The molecule has 2 aliphatic heterocycles. The SMILES string of the molecule is CC1CCN(c2ccc(C(=O)N3CCN(C(=O)c4ccco4)CC3)nn2)CC1. The first-order valence-electron chi connectivity index (χ1n) is 9.82. The quantitative estimate of drug-likeness (QED) is 0.805. The molecule has 0 atom stereocenters. The van der Waals surface area contributed by atoms with Crippen LogP contribution in [0.3, 0.4) is 0 Å². The molecule has 2 aromatic rings. The zero-order valence-electron chi connectivity index (χ0n) is 16.1. The van der Waals surface area contributed by atoms with Gasteiger partial charge in [0.25, 0.3) is 11.8 Å². The van der Waals surface area contributed by atoms with E-state index in [-0.39, 0.29) is 11.8 Å². The molecule has 2 fully saturated rings. The van der Waals surface area contributed by atoms with Crippen LogP contribution in [0.1, 0.15) is 40.8 Å². The molecular formula is C20H25N5O3. The van der Waals surface area contributed by atoms with E-state index in [2.05, 4.69) is 22.0 Å². The summed E-state index contributed by atoms with van der Waals surface area (Å²) in [4.78, 5) is 30.7. The van der Waals surface area contributed by atoms with Gasteiger partial charge in [0.1, 0.15) is 0 Å². The van der Waals surface area contributed by atoms with E-state index >= 15 is 0 Å². The third-order valence-electron chi connectivity index (χ3n) is 5.56. The molecule has 0 radical (unpaired) electrons. The van der Waals surface area contributed by atoms with Crippen molar-refractivity contribution in [1.29, 1.82) is 0 Å². The molecule has 0 spiro atoms. The number of anilines is 1. The van der Waals surface area contributed by atoms with Gasteiger partial charge in [-0.2, -0.15) is 0 Å². The Morgan fingerprint density at radius 2 is 1.61 bits per heavy atom. The van der Waals surface area contributed by atoms with Crippen LogP contribution in [0.2, 0.25) is 0 Å². The highest BCUT2D eigenvalue weighted by Gasteiger charge is 2.27. The first-order chi connectivity index (χ1) is 13.6. The van der Waals surface area contributed by atoms with Crippen LogP contribution < -0.4 is 4.90 Å². The predicted molar refractivity (Wildman–Crippen MR) is 103 cm³/mol. The zero-order chi connectivity index (χ0) is 19.5. The van der Waals surface area contributed by atoms with Gasteiger partial charge in [-0.3, -0.25) is 9.59 Å². The highest BCUT2D eigenvalue weighted by atomic mass is 16.3. The second-order valence-electron chi connectivity index (χ2n) is 7.51. The lowest BCUT2D eigenvalue weighted by molar-refractivity contribution is 0.0514. The molecule has 2 aliphatic rings. The normalized spacial score (nSPS) is 18.4. The smallest absolute Gasteiger partial charge is 0.289 e. The Morgan fingerprint density at radius 3 is 2.18 bits per heavy atom. The minimum atomic E-state index is -0.142. The highest BCUT2D eigenvalue weighted by Crippen LogP contribution is 2.21. The number of aromatic nitrogens is 2. The highest BCUT2D eigenvalue weighted by molar-refractivity contribution is 5.93. The Balaban J connectivity index is 1.33. The fourth-order valence-corrected chi connectivity index (χ4v) is 3.68. The summed E-state index contributed by atoms with van der Waals surface area (Å²) in [5.41, 5.74) is 0.347. The van der Waals surface area contributed by atoms with Crippen molar-refractivity contribution in [1.82, 2.24) is 20.0 Å². The summed E-state index contributed by atoms with van der Waals surface area (Å²) >= 11 is 0. The summed E-state index contributed by atoms with van der Waals surface area (Å²) in [5, 5.41) is 8.44. The van der Waals surface area contributed by atoms with Gasteiger partial charge in [-0.15, -0.1) is 10.2 Å². The summed E-state index contributed by atoms with van der Waals surface area (Å²) in [6, 6.07) is 6.98. The van der Waals surface area contributed by atoms with Crippen molar-refractivity contribution in [2.45, 2.75) is 19.8 Å². The van der Waals surface area contributed by atoms with Gasteiger partial charge in [-0.25, -0.2) is 0 Å². The summed E-state index contributed by atoms with van der Waals surface area (Å²) in [6.07, 6.45) is 3.80. The van der Waals surface area contributed by atoms with E-state index in [1.54, 1.807) is 28.0 Å². The molecule has 0 aromatic carbocycles. The molecule has 0 N–H and O–H groups in total. The number of amides is 2. The second kappa shape index (κ2) is 8.00. The topological polar surface area (TPSA) is 82.8 Å². The van der Waals surface area contributed by atoms with E-state index in [9.17, 15) is 9.59 Å². The van der Waals surface area contributed by atoms with E-state index < -0.39 is 0 Å². The lowest BCUT2D eigenvalue weighted by atomic mass is 9.99. The van der Waals surface area contributed by atoms with Gasteiger partial charge in [-0.05, 0) is 43.0 Å². The second-order valence-corrected chi connectivity index (χ2v) is 7.51. The van der Waals surface area contributed by atoms with Gasteiger partial charge in [0.15, 0.2) is 17.3 Å². The fraction of sp³-hybridized carbons (Fsp3) is 0.500. The van der Waals surface area contributed by atoms with Gasteiger partial charge >= 0.3 is 0 Å². The summed E-state index contributed by atoms with van der Waals surface area (Å²) in [6.45, 7) is 6.12. The number of furan rings is 1. The van der Waals surface area contributed by atoms with Gasteiger partial charge in [0.05, 0.1) is 6.26 Å². The lowest BCUT2D eigenvalue weighted by Gasteiger charge is -2.34. The lowest BCUT2D eigenvalue weighted by Crippen LogP contribution is -2.50. The van der Waals surface area contributed by atoms with Crippen LogP contribution in [0, 0.1) is 5.92 Å². The van der Waals surface area contributed by atoms with E-state index in [1.807, 2.05) is 6.07 Å². The molecular weight excluding hydrogens is 358 g/mol. The number of piperazine rings is 1. The van der Waals surface area contributed by atoms with E-state index in [0.29, 0.717) is 37.6 Å². The van der Waals surface area contributed by atoms with Crippen molar-refractivity contribution in [3.8, 4) is 0 Å².